The molecule has 10 nitrogen and oxygen atoms in total. The van der Waals surface area contributed by atoms with Gasteiger partial charge in [0.25, 0.3) is 0 Å². The summed E-state index contributed by atoms with van der Waals surface area (Å²) >= 11 is 0. The van der Waals surface area contributed by atoms with E-state index in [1.807, 2.05) is 24.3 Å². The zero-order chi connectivity index (χ0) is 24.4. The number of benzene rings is 2. The van der Waals surface area contributed by atoms with Crippen molar-refractivity contribution in [3.05, 3.63) is 71.5 Å². The lowest BCUT2D eigenvalue weighted by atomic mass is 9.98. The number of carboxylic acid groups (broad SMARTS) is 1. The van der Waals surface area contributed by atoms with Gasteiger partial charge in [0.2, 0.25) is 5.91 Å². The number of carbonyl (C=O) groups excluding carboxylic acids is 2. The fourth-order valence-electron chi connectivity index (χ4n) is 4.74. The zero-order valence-electron chi connectivity index (χ0n) is 19.0. The molecule has 0 spiro atoms. The van der Waals surface area contributed by atoms with Crippen molar-refractivity contribution in [2.45, 2.75) is 25.4 Å². The van der Waals surface area contributed by atoms with E-state index in [1.165, 1.54) is 9.58 Å². The first-order chi connectivity index (χ1) is 17.0. The fraction of sp³-hybridized carbons (Fsp3) is 0.320. The highest BCUT2D eigenvalue weighted by Crippen LogP contribution is 2.44. The predicted octanol–water partition coefficient (Wildman–Crippen LogP) is 2.25. The zero-order valence-corrected chi connectivity index (χ0v) is 19.0. The number of hydrogen-bond acceptors (Lipinski definition) is 6. The van der Waals surface area contributed by atoms with Crippen LogP contribution >= 0.6 is 0 Å². The summed E-state index contributed by atoms with van der Waals surface area (Å²) in [6.07, 6.45) is 1.47. The smallest absolute Gasteiger partial charge is 0.407 e. The van der Waals surface area contributed by atoms with Crippen LogP contribution in [-0.4, -0.2) is 62.7 Å². The number of carbonyl (C=O) groups is 3. The SMILES string of the molecule is O=C(NCc1cn(CC(=O)N2CCC(C(=O)O)C2)nn1)OCC1c2ccccc2-c2ccccc21. The van der Waals surface area contributed by atoms with Crippen molar-refractivity contribution in [1.82, 2.24) is 25.2 Å². The molecule has 0 radical (unpaired) electrons. The van der Waals surface area contributed by atoms with Crippen molar-refractivity contribution >= 4 is 18.0 Å². The van der Waals surface area contributed by atoms with Crippen molar-refractivity contribution < 1.29 is 24.2 Å². The van der Waals surface area contributed by atoms with Gasteiger partial charge in [-0.3, -0.25) is 9.59 Å². The first-order valence-corrected chi connectivity index (χ1v) is 11.5. The number of ether oxygens (including phenoxy) is 1. The van der Waals surface area contributed by atoms with Crippen molar-refractivity contribution in [3.8, 4) is 11.1 Å². The number of nitrogens with zero attached hydrogens (tertiary/aromatic N) is 4. The molecule has 2 N–H and O–H groups in total. The second-order valence-electron chi connectivity index (χ2n) is 8.75. The monoisotopic (exact) mass is 475 g/mol. The van der Waals surface area contributed by atoms with Gasteiger partial charge in [-0.15, -0.1) is 5.10 Å². The summed E-state index contributed by atoms with van der Waals surface area (Å²) in [6, 6.07) is 16.3. The Morgan fingerprint density at radius 2 is 1.74 bits per heavy atom. The van der Waals surface area contributed by atoms with Crippen molar-refractivity contribution in [2.75, 3.05) is 19.7 Å². The summed E-state index contributed by atoms with van der Waals surface area (Å²) in [6.45, 7) is 0.911. The summed E-state index contributed by atoms with van der Waals surface area (Å²) in [4.78, 5) is 37.3. The van der Waals surface area contributed by atoms with Crippen LogP contribution in [0.25, 0.3) is 11.1 Å². The van der Waals surface area contributed by atoms with Gasteiger partial charge in [0.15, 0.2) is 0 Å². The van der Waals surface area contributed by atoms with Gasteiger partial charge in [-0.25, -0.2) is 9.48 Å². The maximum Gasteiger partial charge on any atom is 0.407 e. The summed E-state index contributed by atoms with van der Waals surface area (Å²) in [5, 5.41) is 19.7. The highest BCUT2D eigenvalue weighted by atomic mass is 16.5. The molecule has 1 fully saturated rings. The number of aromatic nitrogens is 3. The number of fused-ring (bicyclic) bond motifs is 3. The normalized spacial score (nSPS) is 16.6. The number of amides is 2. The molecule has 180 valence electrons. The van der Waals surface area contributed by atoms with Gasteiger partial charge in [0, 0.05) is 19.0 Å². The molecule has 1 aliphatic heterocycles. The Morgan fingerprint density at radius 1 is 1.06 bits per heavy atom. The second-order valence-corrected chi connectivity index (χ2v) is 8.75. The van der Waals surface area contributed by atoms with Gasteiger partial charge < -0.3 is 20.1 Å². The van der Waals surface area contributed by atoms with E-state index in [-0.39, 0.29) is 38.1 Å². The van der Waals surface area contributed by atoms with E-state index in [4.69, 9.17) is 9.84 Å². The van der Waals surface area contributed by atoms with Crippen LogP contribution in [0.2, 0.25) is 0 Å². The lowest BCUT2D eigenvalue weighted by Crippen LogP contribution is -2.33. The molecule has 1 saturated heterocycles. The van der Waals surface area contributed by atoms with Crippen LogP contribution in [0.3, 0.4) is 0 Å². The average Bonchev–Trinajstić information content (AvgIpc) is 3.59. The predicted molar refractivity (Wildman–Crippen MR) is 124 cm³/mol. The molecular weight excluding hydrogens is 450 g/mol. The molecule has 1 atom stereocenters. The van der Waals surface area contributed by atoms with E-state index in [1.54, 1.807) is 6.20 Å². The highest BCUT2D eigenvalue weighted by Gasteiger charge is 2.31. The van der Waals surface area contributed by atoms with Crippen LogP contribution in [-0.2, 0) is 27.4 Å². The van der Waals surface area contributed by atoms with Crippen LogP contribution in [0.4, 0.5) is 4.79 Å². The van der Waals surface area contributed by atoms with Crippen LogP contribution in [0.5, 0.6) is 0 Å². The summed E-state index contributed by atoms with van der Waals surface area (Å²) in [5.41, 5.74) is 5.09. The first kappa shape index (κ1) is 22.6. The maximum atomic E-state index is 12.4. The molecule has 0 saturated carbocycles. The van der Waals surface area contributed by atoms with E-state index in [9.17, 15) is 14.4 Å². The van der Waals surface area contributed by atoms with E-state index < -0.39 is 18.0 Å². The van der Waals surface area contributed by atoms with Crippen LogP contribution in [0, 0.1) is 5.92 Å². The third kappa shape index (κ3) is 4.72. The largest absolute Gasteiger partial charge is 0.481 e. The van der Waals surface area contributed by atoms with Crippen LogP contribution < -0.4 is 5.32 Å². The van der Waals surface area contributed by atoms with Gasteiger partial charge >= 0.3 is 12.1 Å². The minimum Gasteiger partial charge on any atom is -0.481 e. The molecular formula is C25H25N5O5. The molecule has 2 amide bonds. The minimum absolute atomic E-state index is 0.0219. The number of alkyl carbamates (subject to hydrolysis) is 1. The second kappa shape index (κ2) is 9.57. The van der Waals surface area contributed by atoms with E-state index in [0.29, 0.717) is 18.7 Å². The summed E-state index contributed by atoms with van der Waals surface area (Å²) in [5.74, 6) is -1.64. The molecule has 10 heteroatoms. The Labute approximate surface area is 201 Å². The molecule has 2 aromatic carbocycles. The number of hydrogen-bond donors (Lipinski definition) is 2. The van der Waals surface area contributed by atoms with Gasteiger partial charge in [-0.05, 0) is 28.7 Å². The van der Waals surface area contributed by atoms with Gasteiger partial charge in [-0.2, -0.15) is 0 Å². The summed E-state index contributed by atoms with van der Waals surface area (Å²) < 4.78 is 6.90. The Hall–Kier alpha value is -4.21. The molecule has 1 aliphatic carbocycles. The Morgan fingerprint density at radius 3 is 2.40 bits per heavy atom. The molecule has 0 bridgehead atoms. The fourth-order valence-corrected chi connectivity index (χ4v) is 4.74. The number of likely N-dealkylation sites (tertiary alicyclic amines) is 1. The van der Waals surface area contributed by atoms with E-state index in [2.05, 4.69) is 39.9 Å². The lowest BCUT2D eigenvalue weighted by Gasteiger charge is -2.15. The highest BCUT2D eigenvalue weighted by molar-refractivity contribution is 5.79. The van der Waals surface area contributed by atoms with Crippen LogP contribution in [0.1, 0.15) is 29.2 Å². The molecule has 2 aliphatic rings. The van der Waals surface area contributed by atoms with Crippen LogP contribution in [0.15, 0.2) is 54.7 Å². The van der Waals surface area contributed by atoms with E-state index in [0.717, 1.165) is 22.3 Å². The number of carboxylic acids is 1. The lowest BCUT2D eigenvalue weighted by molar-refractivity contribution is -0.141. The van der Waals surface area contributed by atoms with Gasteiger partial charge in [0.05, 0.1) is 18.7 Å². The molecule has 1 unspecified atom stereocenters. The summed E-state index contributed by atoms with van der Waals surface area (Å²) in [7, 11) is 0. The topological polar surface area (TPSA) is 127 Å². The maximum absolute atomic E-state index is 12.4. The standard InChI is InChI=1S/C25H25N5O5/c31-23(29-10-9-16(12-29)24(32)33)14-30-13-17(27-28-30)11-26-25(34)35-15-22-20-7-3-1-5-18(20)19-6-2-4-8-21(19)22/h1-8,13,16,22H,9-12,14-15H2,(H,26,34)(H,32,33). The molecule has 3 aromatic rings. The van der Waals surface area contributed by atoms with E-state index >= 15 is 0 Å². The molecule has 2 heterocycles. The molecule has 35 heavy (non-hydrogen) atoms. The number of aliphatic carboxylic acids is 1. The Bertz CT molecular complexity index is 1230. The quantitative estimate of drug-likeness (QED) is 0.537. The average molecular weight is 476 g/mol. The third-order valence-corrected chi connectivity index (χ3v) is 6.53. The molecule has 5 rings (SSSR count). The first-order valence-electron chi connectivity index (χ1n) is 11.5. The van der Waals surface area contributed by atoms with Crippen molar-refractivity contribution in [1.29, 1.82) is 0 Å². The molecule has 1 aromatic heterocycles. The Balaban J connectivity index is 1.11. The van der Waals surface area contributed by atoms with Gasteiger partial charge in [0.1, 0.15) is 18.8 Å². The third-order valence-electron chi connectivity index (χ3n) is 6.53. The Kier molecular flexibility index (Phi) is 6.17. The van der Waals surface area contributed by atoms with Crippen molar-refractivity contribution in [2.24, 2.45) is 5.92 Å². The number of rotatable bonds is 7. The minimum atomic E-state index is -0.886. The van der Waals surface area contributed by atoms with Crippen molar-refractivity contribution in [3.63, 3.8) is 0 Å². The number of nitrogens with one attached hydrogen (secondary N) is 1. The van der Waals surface area contributed by atoms with Gasteiger partial charge in [-0.1, -0.05) is 53.7 Å².